The maximum absolute atomic E-state index is 12.2. The first kappa shape index (κ1) is 16.3. The van der Waals surface area contributed by atoms with E-state index < -0.39 is 23.9 Å². The molecule has 0 bridgehead atoms. The van der Waals surface area contributed by atoms with Crippen LogP contribution in [0.3, 0.4) is 0 Å². The summed E-state index contributed by atoms with van der Waals surface area (Å²) in [4.78, 5) is 18.6. The molecular weight excluding hydrogens is 321 g/mol. The van der Waals surface area contributed by atoms with Crippen LogP contribution in [0.5, 0.6) is 0 Å². The van der Waals surface area contributed by atoms with Gasteiger partial charge in [-0.05, 0) is 0 Å². The summed E-state index contributed by atoms with van der Waals surface area (Å²) in [6, 6.07) is 0. The van der Waals surface area contributed by atoms with Gasteiger partial charge in [-0.1, -0.05) is 0 Å². The minimum absolute atomic E-state index is 0. The number of nitrogens with one attached hydrogen (secondary N) is 2. The molecule has 20 heavy (non-hydrogen) atoms. The molecule has 2 heterocycles. The monoisotopic (exact) mass is 328 g/mol. The fraction of sp³-hybridized carbons (Fsp3) is 0.250. The molecule has 0 aromatic carbocycles. The van der Waals surface area contributed by atoms with Gasteiger partial charge in [0.2, 0.25) is 11.8 Å². The normalized spacial score (nSPS) is 11.0. The van der Waals surface area contributed by atoms with E-state index in [2.05, 4.69) is 20.4 Å². The standard InChI is InChI=1S/C8H7F3N6OS.ClH/c9-8(10,11)6-15-7(17-16-6)14-5(18)3-2-19-4(1-12)13-3;/h2H,1,12H2,(H2,14,15,16,17,18);1H. The van der Waals surface area contributed by atoms with Gasteiger partial charge in [-0.15, -0.1) is 28.8 Å². The van der Waals surface area contributed by atoms with Crippen LogP contribution in [0.2, 0.25) is 0 Å². The van der Waals surface area contributed by atoms with Crippen molar-refractivity contribution in [3.05, 3.63) is 21.9 Å². The molecule has 0 spiro atoms. The number of hydrogen-bond donors (Lipinski definition) is 3. The van der Waals surface area contributed by atoms with Crippen LogP contribution in [0.15, 0.2) is 5.38 Å². The van der Waals surface area contributed by atoms with E-state index in [4.69, 9.17) is 5.73 Å². The molecule has 4 N–H and O–H groups in total. The van der Waals surface area contributed by atoms with E-state index in [1.807, 2.05) is 0 Å². The van der Waals surface area contributed by atoms with E-state index >= 15 is 0 Å². The maximum atomic E-state index is 12.2. The van der Waals surface area contributed by atoms with Crippen LogP contribution in [0.4, 0.5) is 19.1 Å². The number of aromatic amines is 1. The molecule has 0 atom stereocenters. The molecule has 0 aliphatic carbocycles. The Labute approximate surface area is 120 Å². The first-order valence-corrected chi connectivity index (χ1v) is 5.73. The van der Waals surface area contributed by atoms with Crippen LogP contribution in [0.25, 0.3) is 0 Å². The van der Waals surface area contributed by atoms with Gasteiger partial charge in [0.15, 0.2) is 0 Å². The molecule has 1 amide bonds. The van der Waals surface area contributed by atoms with Gasteiger partial charge < -0.3 is 5.73 Å². The highest BCUT2D eigenvalue weighted by atomic mass is 35.5. The predicted molar refractivity (Wildman–Crippen MR) is 66.6 cm³/mol. The molecule has 0 fully saturated rings. The van der Waals surface area contributed by atoms with Crippen molar-refractivity contribution in [1.82, 2.24) is 20.2 Å². The number of amides is 1. The predicted octanol–water partition coefficient (Wildman–Crippen LogP) is 1.41. The van der Waals surface area contributed by atoms with Crippen molar-refractivity contribution in [1.29, 1.82) is 0 Å². The second-order valence-electron chi connectivity index (χ2n) is 3.29. The molecular formula is C8H8ClF3N6OS. The largest absolute Gasteiger partial charge is 0.451 e. The Morgan fingerprint density at radius 1 is 1.45 bits per heavy atom. The summed E-state index contributed by atoms with van der Waals surface area (Å²) in [6.45, 7) is 0.177. The molecule has 0 unspecified atom stereocenters. The Kier molecular flexibility index (Phi) is 5.03. The number of rotatable bonds is 3. The van der Waals surface area contributed by atoms with Gasteiger partial charge in [0.1, 0.15) is 10.7 Å². The van der Waals surface area contributed by atoms with Crippen molar-refractivity contribution in [3.63, 3.8) is 0 Å². The minimum atomic E-state index is -4.65. The van der Waals surface area contributed by atoms with Crippen molar-refractivity contribution in [2.45, 2.75) is 12.7 Å². The number of carbonyl (C=O) groups is 1. The zero-order chi connectivity index (χ0) is 14.0. The molecule has 7 nitrogen and oxygen atoms in total. The van der Waals surface area contributed by atoms with Gasteiger partial charge in [0.25, 0.3) is 5.91 Å². The first-order chi connectivity index (χ1) is 8.90. The number of nitrogens with zero attached hydrogens (tertiary/aromatic N) is 3. The molecule has 0 saturated carbocycles. The van der Waals surface area contributed by atoms with Gasteiger partial charge in [-0.25, -0.2) is 4.98 Å². The lowest BCUT2D eigenvalue weighted by atomic mass is 10.4. The number of nitrogens with two attached hydrogens (primary N) is 1. The smallest absolute Gasteiger partial charge is 0.325 e. The second kappa shape index (κ2) is 6.15. The third-order valence-corrected chi connectivity index (χ3v) is 2.81. The lowest BCUT2D eigenvalue weighted by Gasteiger charge is -1.99. The fourth-order valence-electron chi connectivity index (χ4n) is 1.12. The van der Waals surface area contributed by atoms with Gasteiger partial charge in [0.05, 0.1) is 0 Å². The van der Waals surface area contributed by atoms with Crippen LogP contribution < -0.4 is 11.1 Å². The highest BCUT2D eigenvalue weighted by Gasteiger charge is 2.35. The molecule has 12 heteroatoms. The zero-order valence-corrected chi connectivity index (χ0v) is 11.2. The quantitative estimate of drug-likeness (QED) is 0.789. The summed E-state index contributed by atoms with van der Waals surface area (Å²) in [5, 5.41) is 8.99. The molecule has 2 rings (SSSR count). The number of anilines is 1. The number of hydrogen-bond acceptors (Lipinski definition) is 6. The molecule has 0 aliphatic rings. The Morgan fingerprint density at radius 3 is 2.65 bits per heavy atom. The van der Waals surface area contributed by atoms with Crippen LogP contribution in [0.1, 0.15) is 21.3 Å². The van der Waals surface area contributed by atoms with Crippen molar-refractivity contribution < 1.29 is 18.0 Å². The molecule has 2 aromatic rings. The van der Waals surface area contributed by atoms with E-state index in [1.54, 1.807) is 5.10 Å². The fourth-order valence-corrected chi connectivity index (χ4v) is 1.77. The number of alkyl halides is 3. The molecule has 0 radical (unpaired) electrons. The summed E-state index contributed by atoms with van der Waals surface area (Å²) in [5.41, 5.74) is 5.37. The van der Waals surface area contributed by atoms with E-state index in [9.17, 15) is 18.0 Å². The second-order valence-corrected chi connectivity index (χ2v) is 4.23. The number of H-pyrrole nitrogens is 1. The van der Waals surface area contributed by atoms with Crippen LogP contribution in [-0.4, -0.2) is 26.1 Å². The van der Waals surface area contributed by atoms with Crippen LogP contribution >= 0.6 is 23.7 Å². The number of halogens is 4. The minimum Gasteiger partial charge on any atom is -0.325 e. The van der Waals surface area contributed by atoms with Crippen molar-refractivity contribution in [2.24, 2.45) is 5.73 Å². The summed E-state index contributed by atoms with van der Waals surface area (Å²) >= 11 is 1.17. The summed E-state index contributed by atoms with van der Waals surface area (Å²) < 4.78 is 36.7. The third kappa shape index (κ3) is 3.65. The number of aromatic nitrogens is 4. The lowest BCUT2D eigenvalue weighted by molar-refractivity contribution is -0.144. The third-order valence-electron chi connectivity index (χ3n) is 1.94. The van der Waals surface area contributed by atoms with Gasteiger partial charge >= 0.3 is 6.18 Å². The Morgan fingerprint density at radius 2 is 2.15 bits per heavy atom. The first-order valence-electron chi connectivity index (χ1n) is 4.85. The van der Waals surface area contributed by atoms with Crippen molar-refractivity contribution >= 4 is 35.6 Å². The number of thiazole rings is 1. The van der Waals surface area contributed by atoms with Crippen LogP contribution in [-0.2, 0) is 12.7 Å². The Balaban J connectivity index is 0.00000200. The van der Waals surface area contributed by atoms with E-state index in [1.165, 1.54) is 16.7 Å². The summed E-state index contributed by atoms with van der Waals surface area (Å²) in [6.07, 6.45) is -4.65. The topological polar surface area (TPSA) is 110 Å². The lowest BCUT2D eigenvalue weighted by Crippen LogP contribution is -2.14. The maximum Gasteiger partial charge on any atom is 0.451 e. The van der Waals surface area contributed by atoms with Gasteiger partial charge in [0, 0.05) is 11.9 Å². The highest BCUT2D eigenvalue weighted by molar-refractivity contribution is 7.09. The molecule has 0 aliphatic heterocycles. The van der Waals surface area contributed by atoms with Crippen LogP contribution in [0, 0.1) is 0 Å². The molecule has 110 valence electrons. The Bertz CT molecular complexity index is 597. The Hall–Kier alpha value is -1.72. The average molecular weight is 329 g/mol. The van der Waals surface area contributed by atoms with Gasteiger partial charge in [-0.2, -0.15) is 18.2 Å². The van der Waals surface area contributed by atoms with E-state index in [-0.39, 0.29) is 24.6 Å². The number of carbonyl (C=O) groups excluding carboxylic acids is 1. The summed E-state index contributed by atoms with van der Waals surface area (Å²) in [7, 11) is 0. The summed E-state index contributed by atoms with van der Waals surface area (Å²) in [5.74, 6) is -2.47. The van der Waals surface area contributed by atoms with Crippen molar-refractivity contribution in [3.8, 4) is 0 Å². The van der Waals surface area contributed by atoms with Crippen molar-refractivity contribution in [2.75, 3.05) is 5.32 Å². The molecule has 0 saturated heterocycles. The SMILES string of the molecule is Cl.NCc1nc(C(=O)Nc2n[nH]c(C(F)(F)F)n2)cs1. The van der Waals surface area contributed by atoms with E-state index in [0.717, 1.165) is 0 Å². The highest BCUT2D eigenvalue weighted by Crippen LogP contribution is 2.26. The molecule has 2 aromatic heterocycles. The van der Waals surface area contributed by atoms with Gasteiger partial charge in [-0.3, -0.25) is 15.2 Å². The zero-order valence-electron chi connectivity index (χ0n) is 9.56. The van der Waals surface area contributed by atoms with E-state index in [0.29, 0.717) is 5.01 Å². The average Bonchev–Trinajstić information content (AvgIpc) is 2.95.